The van der Waals surface area contributed by atoms with Crippen molar-refractivity contribution in [2.24, 2.45) is 0 Å². The van der Waals surface area contributed by atoms with Crippen LogP contribution in [0.25, 0.3) is 11.1 Å². The lowest BCUT2D eigenvalue weighted by Crippen LogP contribution is -2.39. The van der Waals surface area contributed by atoms with Crippen molar-refractivity contribution < 1.29 is 42.6 Å². The maximum atomic E-state index is 7.06. The Kier molecular flexibility index (Phi) is 9.10. The summed E-state index contributed by atoms with van der Waals surface area (Å²) in [6, 6.07) is 10.8. The van der Waals surface area contributed by atoms with Gasteiger partial charge >= 0.3 is 0 Å². The lowest BCUT2D eigenvalue weighted by Gasteiger charge is -2.42. The van der Waals surface area contributed by atoms with Crippen LogP contribution in [-0.2, 0) is 32.2 Å². The zero-order chi connectivity index (χ0) is 37.1. The summed E-state index contributed by atoms with van der Waals surface area (Å²) in [7, 11) is 15.6. The van der Waals surface area contributed by atoms with Crippen molar-refractivity contribution in [1.29, 1.82) is 0 Å². The summed E-state index contributed by atoms with van der Waals surface area (Å²) in [4.78, 5) is 4.93. The Morgan fingerprint density at radius 3 is 1.83 bits per heavy atom. The molecule has 0 saturated heterocycles. The van der Waals surface area contributed by atoms with Crippen molar-refractivity contribution in [3.8, 4) is 68.6 Å². The van der Waals surface area contributed by atoms with Crippen LogP contribution in [-0.4, -0.2) is 86.8 Å². The molecule has 0 fully saturated rings. The van der Waals surface area contributed by atoms with E-state index in [-0.39, 0.29) is 12.1 Å². The van der Waals surface area contributed by atoms with Crippen molar-refractivity contribution >= 4 is 0 Å². The smallest absolute Gasteiger partial charge is 0.204 e. The Morgan fingerprint density at radius 2 is 1.15 bits per heavy atom. The highest BCUT2D eigenvalue weighted by atomic mass is 16.6. The predicted octanol–water partition coefficient (Wildman–Crippen LogP) is 6.96. The number of benzene rings is 4. The first-order valence-corrected chi connectivity index (χ1v) is 18.0. The van der Waals surface area contributed by atoms with E-state index in [2.05, 4.69) is 47.2 Å². The molecule has 11 heteroatoms. The van der Waals surface area contributed by atoms with Gasteiger partial charge in [0.25, 0.3) is 0 Å². The third-order valence-electron chi connectivity index (χ3n) is 11.7. The lowest BCUT2D eigenvalue weighted by atomic mass is 9.76. The van der Waals surface area contributed by atoms with E-state index in [1.165, 1.54) is 16.7 Å². The molecule has 0 amide bonds. The molecule has 0 saturated carbocycles. The van der Waals surface area contributed by atoms with Crippen LogP contribution >= 0.6 is 0 Å². The van der Waals surface area contributed by atoms with Crippen molar-refractivity contribution in [3.05, 3.63) is 69.3 Å². The second-order valence-electron chi connectivity index (χ2n) is 14.0. The second kappa shape index (κ2) is 13.8. The number of methoxy groups -OCH3 is 8. The quantitative estimate of drug-likeness (QED) is 0.170. The zero-order valence-electron chi connectivity index (χ0n) is 32.1. The van der Waals surface area contributed by atoms with Crippen molar-refractivity contribution in [3.63, 3.8) is 0 Å². The lowest BCUT2D eigenvalue weighted by molar-refractivity contribution is 0.158. The highest BCUT2D eigenvalue weighted by Gasteiger charge is 2.41. The maximum Gasteiger partial charge on any atom is 0.204 e. The predicted molar refractivity (Wildman–Crippen MR) is 201 cm³/mol. The van der Waals surface area contributed by atoms with Crippen LogP contribution in [0.2, 0.25) is 0 Å². The van der Waals surface area contributed by atoms with Gasteiger partial charge in [-0.15, -0.1) is 0 Å². The highest BCUT2D eigenvalue weighted by molar-refractivity contribution is 5.87. The first kappa shape index (κ1) is 35.1. The summed E-state index contributed by atoms with van der Waals surface area (Å²) in [5.74, 6) is 6.45. The first-order chi connectivity index (χ1) is 25.8. The van der Waals surface area contributed by atoms with Gasteiger partial charge in [-0.1, -0.05) is 0 Å². The molecule has 3 aliphatic heterocycles. The summed E-state index contributed by atoms with van der Waals surface area (Å²) in [6.45, 7) is 2.56. The molecule has 1 aliphatic carbocycles. The van der Waals surface area contributed by atoms with Gasteiger partial charge in [0, 0.05) is 48.4 Å². The van der Waals surface area contributed by atoms with Crippen LogP contribution < -0.4 is 42.6 Å². The molecule has 2 atom stereocenters. The van der Waals surface area contributed by atoms with Crippen LogP contribution in [0.4, 0.5) is 0 Å². The summed E-state index contributed by atoms with van der Waals surface area (Å²) >= 11 is 0. The van der Waals surface area contributed by atoms with Gasteiger partial charge in [-0.3, -0.25) is 9.80 Å². The van der Waals surface area contributed by atoms with E-state index in [1.807, 2.05) is 0 Å². The molecule has 0 radical (unpaired) electrons. The first-order valence-electron chi connectivity index (χ1n) is 18.0. The summed E-state index contributed by atoms with van der Waals surface area (Å²) < 4.78 is 54.6. The Bertz CT molecular complexity index is 2100. The molecule has 4 aromatic carbocycles. The fourth-order valence-electron chi connectivity index (χ4n) is 9.16. The SMILES string of the molecule is COc1cc2c(cc1OC)[C@H]1Cc3c(cc(OC)c(OC)c3Oc3cc4c(cc3OC)-c3c(OC)c(OC)c(OC)c5c3[C@@H](C4)N(C)CC5)CN1CC2. The minimum Gasteiger partial charge on any atom is -0.493 e. The molecule has 0 unspecified atom stereocenters. The fourth-order valence-corrected chi connectivity index (χ4v) is 9.16. The largest absolute Gasteiger partial charge is 0.493 e. The Hall–Kier alpha value is -5.00. The van der Waals surface area contributed by atoms with Gasteiger partial charge in [0.15, 0.2) is 46.0 Å². The summed E-state index contributed by atoms with van der Waals surface area (Å²) in [5, 5.41) is 0. The Morgan fingerprint density at radius 1 is 0.509 bits per heavy atom. The normalized spacial score (nSPS) is 18.4. The van der Waals surface area contributed by atoms with E-state index in [0.29, 0.717) is 46.7 Å². The standard InChI is InChI=1S/C42H48N2O9/c1-43-12-11-25-36-30(43)14-23-16-34(33(47-4)20-27(23)37(36)41(51-8)42(52-9)38(25)49-6)53-39-28-18-29-26-19-32(46-3)31(45-2)15-22(26)10-13-44(29)21-24(28)17-35(48-5)40(39)50-7/h15-17,19-20,29-30H,10-14,18,21H2,1-9H3/t29-,30-/m1/s1. The van der Waals surface area contributed by atoms with Gasteiger partial charge in [-0.2, -0.15) is 0 Å². The van der Waals surface area contributed by atoms with E-state index in [1.54, 1.807) is 56.9 Å². The number of hydrogen-bond donors (Lipinski definition) is 0. The number of ether oxygens (including phenoxy) is 9. The van der Waals surface area contributed by atoms with Crippen molar-refractivity contribution in [2.75, 3.05) is 77.0 Å². The topological polar surface area (TPSA) is 89.6 Å². The molecule has 0 N–H and O–H groups in total. The third kappa shape index (κ3) is 5.38. The number of fused-ring (bicyclic) bond motifs is 6. The van der Waals surface area contributed by atoms with E-state index < -0.39 is 0 Å². The molecule has 0 bridgehead atoms. The number of hydrogen-bond acceptors (Lipinski definition) is 11. The fraction of sp³-hybridized carbons (Fsp3) is 0.429. The molecule has 4 aliphatic rings. The van der Waals surface area contributed by atoms with Gasteiger partial charge in [-0.25, -0.2) is 0 Å². The van der Waals surface area contributed by atoms with E-state index in [9.17, 15) is 0 Å². The van der Waals surface area contributed by atoms with Crippen LogP contribution in [0.3, 0.4) is 0 Å². The summed E-state index contributed by atoms with van der Waals surface area (Å²) in [5.41, 5.74) is 10.2. The molecule has 53 heavy (non-hydrogen) atoms. The van der Waals surface area contributed by atoms with Gasteiger partial charge < -0.3 is 42.6 Å². The molecule has 4 aromatic rings. The molecule has 8 rings (SSSR count). The van der Waals surface area contributed by atoms with E-state index in [4.69, 9.17) is 42.6 Å². The maximum absolute atomic E-state index is 7.06. The zero-order valence-corrected chi connectivity index (χ0v) is 32.1. The molecule has 11 nitrogen and oxygen atoms in total. The highest BCUT2D eigenvalue weighted by Crippen LogP contribution is 2.59. The molecular weight excluding hydrogens is 676 g/mol. The van der Waals surface area contributed by atoms with Gasteiger partial charge in [-0.05, 0) is 96.4 Å². The number of nitrogens with zero attached hydrogens (tertiary/aromatic N) is 2. The van der Waals surface area contributed by atoms with Crippen molar-refractivity contribution in [2.45, 2.75) is 44.3 Å². The average Bonchev–Trinajstić information content (AvgIpc) is 3.19. The monoisotopic (exact) mass is 724 g/mol. The average molecular weight is 725 g/mol. The molecule has 0 spiro atoms. The molecule has 3 heterocycles. The van der Waals surface area contributed by atoms with Crippen molar-refractivity contribution in [1.82, 2.24) is 9.80 Å². The van der Waals surface area contributed by atoms with Gasteiger partial charge in [0.1, 0.15) is 0 Å². The minimum absolute atomic E-state index is 0.114. The van der Waals surface area contributed by atoms with Crippen LogP contribution in [0.5, 0.6) is 57.5 Å². The molecular formula is C42H48N2O9. The van der Waals surface area contributed by atoms with Gasteiger partial charge in [0.2, 0.25) is 11.5 Å². The Labute approximate surface area is 311 Å². The summed E-state index contributed by atoms with van der Waals surface area (Å²) in [6.07, 6.45) is 3.26. The Balaban J connectivity index is 1.27. The minimum atomic E-state index is 0.114. The molecule has 280 valence electrons. The van der Waals surface area contributed by atoms with Gasteiger partial charge in [0.05, 0.1) is 56.9 Å². The number of rotatable bonds is 10. The van der Waals surface area contributed by atoms with Crippen LogP contribution in [0.15, 0.2) is 30.3 Å². The van der Waals surface area contributed by atoms with Crippen LogP contribution in [0, 0.1) is 0 Å². The number of likely N-dealkylation sites (N-methyl/N-ethyl adjacent to an activating group) is 1. The second-order valence-corrected chi connectivity index (χ2v) is 14.0. The van der Waals surface area contributed by atoms with Crippen LogP contribution in [0.1, 0.15) is 51.0 Å². The van der Waals surface area contributed by atoms with E-state index in [0.717, 1.165) is 89.5 Å². The van der Waals surface area contributed by atoms with E-state index >= 15 is 0 Å². The third-order valence-corrected chi connectivity index (χ3v) is 11.7. The molecule has 0 aromatic heterocycles.